The van der Waals surface area contributed by atoms with Gasteiger partial charge in [0.05, 0.1) is 16.9 Å². The first-order chi connectivity index (χ1) is 12.8. The van der Waals surface area contributed by atoms with Gasteiger partial charge >= 0.3 is 12.0 Å². The highest BCUT2D eigenvalue weighted by molar-refractivity contribution is 6.06. The Morgan fingerprint density at radius 3 is 2.74 bits per heavy atom. The maximum atomic E-state index is 12.5. The van der Waals surface area contributed by atoms with Crippen LogP contribution < -0.4 is 21.3 Å². The van der Waals surface area contributed by atoms with Crippen molar-refractivity contribution in [3.05, 3.63) is 23.8 Å². The third kappa shape index (κ3) is 3.71. The van der Waals surface area contributed by atoms with Crippen LogP contribution in [0.15, 0.2) is 18.2 Å². The Morgan fingerprint density at radius 2 is 2.07 bits per heavy atom. The Morgan fingerprint density at radius 1 is 1.33 bits per heavy atom. The molecule has 0 aromatic heterocycles. The fourth-order valence-electron chi connectivity index (χ4n) is 3.43. The predicted octanol–water partition coefficient (Wildman–Crippen LogP) is 0.984. The van der Waals surface area contributed by atoms with E-state index in [1.165, 1.54) is 6.07 Å². The standard InChI is InChI=1S/C18H22N4O5/c1-9(2)14(16(24)21-18(19)26)27-17(25)10-5-6-12-11(8-10)20-15(23)13-4-3-7-22(12)13/h5-6,8-9,13-14H,3-4,7H2,1-2H3,(H,20,23)(H3,19,21,24,26)/t13-,14+/m1/s1. The van der Waals surface area contributed by atoms with E-state index in [1.807, 2.05) is 10.2 Å². The molecule has 2 aliphatic rings. The van der Waals surface area contributed by atoms with Gasteiger partial charge in [0.2, 0.25) is 5.91 Å². The van der Waals surface area contributed by atoms with Gasteiger partial charge in [-0.05, 0) is 37.0 Å². The van der Waals surface area contributed by atoms with Crippen LogP contribution in [-0.4, -0.2) is 42.5 Å². The number of carbonyl (C=O) groups excluding carboxylic acids is 4. The molecular formula is C18H22N4O5. The topological polar surface area (TPSA) is 131 Å². The second kappa shape index (κ2) is 7.26. The summed E-state index contributed by atoms with van der Waals surface area (Å²) in [5.41, 5.74) is 6.55. The van der Waals surface area contributed by atoms with E-state index in [0.29, 0.717) is 5.69 Å². The number of amides is 4. The van der Waals surface area contributed by atoms with Gasteiger partial charge in [-0.25, -0.2) is 9.59 Å². The highest BCUT2D eigenvalue weighted by Gasteiger charge is 2.36. The molecule has 0 bridgehead atoms. The van der Waals surface area contributed by atoms with Crippen molar-refractivity contribution < 1.29 is 23.9 Å². The highest BCUT2D eigenvalue weighted by Crippen LogP contribution is 2.37. The van der Waals surface area contributed by atoms with Gasteiger partial charge in [0.15, 0.2) is 6.10 Å². The number of carbonyl (C=O) groups is 4. The SMILES string of the molecule is CC(C)[C@H](OC(=O)c1ccc2c(c1)NC(=O)[C@H]1CCCN21)C(=O)NC(N)=O. The zero-order valence-electron chi connectivity index (χ0n) is 15.2. The fourth-order valence-corrected chi connectivity index (χ4v) is 3.43. The molecule has 1 saturated heterocycles. The van der Waals surface area contributed by atoms with Crippen LogP contribution in [0.1, 0.15) is 37.0 Å². The molecule has 0 radical (unpaired) electrons. The molecule has 0 spiro atoms. The lowest BCUT2D eigenvalue weighted by atomic mass is 10.1. The molecule has 0 saturated carbocycles. The predicted molar refractivity (Wildman–Crippen MR) is 97.2 cm³/mol. The number of rotatable bonds is 4. The minimum Gasteiger partial charge on any atom is -0.448 e. The molecule has 2 atom stereocenters. The number of urea groups is 1. The van der Waals surface area contributed by atoms with Crippen LogP contribution in [0.5, 0.6) is 0 Å². The van der Waals surface area contributed by atoms with Gasteiger partial charge in [0, 0.05) is 6.54 Å². The van der Waals surface area contributed by atoms with Crippen LogP contribution in [-0.2, 0) is 14.3 Å². The molecule has 144 valence electrons. The molecule has 3 rings (SSSR count). The van der Waals surface area contributed by atoms with E-state index in [-0.39, 0.29) is 23.4 Å². The summed E-state index contributed by atoms with van der Waals surface area (Å²) < 4.78 is 5.28. The normalized spacial score (nSPS) is 19.0. The van der Waals surface area contributed by atoms with Crippen LogP contribution in [0.2, 0.25) is 0 Å². The average molecular weight is 374 g/mol. The Labute approximate surface area is 156 Å². The van der Waals surface area contributed by atoms with Crippen LogP contribution in [0.25, 0.3) is 0 Å². The molecule has 1 aromatic rings. The number of esters is 1. The van der Waals surface area contributed by atoms with Crippen LogP contribution in [0.4, 0.5) is 16.2 Å². The zero-order chi connectivity index (χ0) is 19.7. The largest absolute Gasteiger partial charge is 0.448 e. The van der Waals surface area contributed by atoms with Crippen LogP contribution in [0.3, 0.4) is 0 Å². The zero-order valence-corrected chi connectivity index (χ0v) is 15.2. The summed E-state index contributed by atoms with van der Waals surface area (Å²) in [5, 5.41) is 4.74. The third-order valence-electron chi connectivity index (χ3n) is 4.70. The molecule has 27 heavy (non-hydrogen) atoms. The third-order valence-corrected chi connectivity index (χ3v) is 4.70. The van der Waals surface area contributed by atoms with Crippen molar-refractivity contribution in [2.24, 2.45) is 11.7 Å². The summed E-state index contributed by atoms with van der Waals surface area (Å²) in [6.07, 6.45) is 0.575. The molecule has 9 nitrogen and oxygen atoms in total. The van der Waals surface area contributed by atoms with Crippen molar-refractivity contribution in [1.29, 1.82) is 0 Å². The van der Waals surface area contributed by atoms with Crippen molar-refractivity contribution in [1.82, 2.24) is 5.32 Å². The van der Waals surface area contributed by atoms with E-state index >= 15 is 0 Å². The minimum atomic E-state index is -1.17. The van der Waals surface area contributed by atoms with Gasteiger partial charge in [-0.2, -0.15) is 0 Å². The molecular weight excluding hydrogens is 352 g/mol. The summed E-state index contributed by atoms with van der Waals surface area (Å²) in [5.74, 6) is -1.96. The first-order valence-corrected chi connectivity index (χ1v) is 8.80. The van der Waals surface area contributed by atoms with Gasteiger partial charge in [-0.15, -0.1) is 0 Å². The average Bonchev–Trinajstić information content (AvgIpc) is 3.08. The Balaban J connectivity index is 1.79. The summed E-state index contributed by atoms with van der Waals surface area (Å²) in [6, 6.07) is 3.71. The van der Waals surface area contributed by atoms with E-state index in [0.717, 1.165) is 25.1 Å². The number of imide groups is 1. The lowest BCUT2D eigenvalue weighted by molar-refractivity contribution is -0.130. The second-order valence-corrected chi connectivity index (χ2v) is 7.00. The van der Waals surface area contributed by atoms with E-state index in [2.05, 4.69) is 5.32 Å². The number of hydrogen-bond acceptors (Lipinski definition) is 6. The summed E-state index contributed by atoms with van der Waals surface area (Å²) in [6.45, 7) is 4.15. The molecule has 2 heterocycles. The van der Waals surface area contributed by atoms with Gasteiger partial charge in [0.1, 0.15) is 6.04 Å². The van der Waals surface area contributed by atoms with Gasteiger partial charge in [-0.3, -0.25) is 14.9 Å². The molecule has 1 fully saturated rings. The van der Waals surface area contributed by atoms with E-state index < -0.39 is 24.0 Å². The molecule has 4 N–H and O–H groups in total. The molecule has 1 aromatic carbocycles. The van der Waals surface area contributed by atoms with Gasteiger partial charge in [0.25, 0.3) is 5.91 Å². The number of anilines is 2. The maximum absolute atomic E-state index is 12.5. The van der Waals surface area contributed by atoms with Crippen molar-refractivity contribution in [2.75, 3.05) is 16.8 Å². The molecule has 0 aliphatic carbocycles. The summed E-state index contributed by atoms with van der Waals surface area (Å²) in [7, 11) is 0. The molecule has 2 aliphatic heterocycles. The van der Waals surface area contributed by atoms with Crippen LogP contribution in [0, 0.1) is 5.92 Å². The molecule has 0 unspecified atom stereocenters. The van der Waals surface area contributed by atoms with Crippen molar-refractivity contribution in [3.8, 4) is 0 Å². The number of benzene rings is 1. The van der Waals surface area contributed by atoms with E-state index in [4.69, 9.17) is 10.5 Å². The van der Waals surface area contributed by atoms with Gasteiger partial charge in [-0.1, -0.05) is 13.8 Å². The minimum absolute atomic E-state index is 0.0913. The second-order valence-electron chi connectivity index (χ2n) is 7.00. The van der Waals surface area contributed by atoms with Crippen molar-refractivity contribution in [3.63, 3.8) is 0 Å². The number of fused-ring (bicyclic) bond motifs is 3. The van der Waals surface area contributed by atoms with Crippen molar-refractivity contribution in [2.45, 2.75) is 38.8 Å². The fraction of sp³-hybridized carbons (Fsp3) is 0.444. The maximum Gasteiger partial charge on any atom is 0.338 e. The van der Waals surface area contributed by atoms with Crippen LogP contribution >= 0.6 is 0 Å². The molecule has 9 heteroatoms. The number of nitrogens with one attached hydrogen (secondary N) is 2. The quantitative estimate of drug-likeness (QED) is 0.674. The number of ether oxygens (including phenoxy) is 1. The Hall–Kier alpha value is -3.10. The smallest absolute Gasteiger partial charge is 0.338 e. The number of nitrogens with zero attached hydrogens (tertiary/aromatic N) is 1. The van der Waals surface area contributed by atoms with Crippen molar-refractivity contribution >= 4 is 35.2 Å². The Bertz CT molecular complexity index is 807. The molecule has 4 amide bonds. The van der Waals surface area contributed by atoms with Gasteiger partial charge < -0.3 is 20.7 Å². The summed E-state index contributed by atoms with van der Waals surface area (Å²) in [4.78, 5) is 49.6. The highest BCUT2D eigenvalue weighted by atomic mass is 16.5. The lowest BCUT2D eigenvalue weighted by Crippen LogP contribution is -2.45. The summed E-state index contributed by atoms with van der Waals surface area (Å²) >= 11 is 0. The van der Waals surface area contributed by atoms with E-state index in [1.54, 1.807) is 26.0 Å². The van der Waals surface area contributed by atoms with E-state index in [9.17, 15) is 19.2 Å². The first-order valence-electron chi connectivity index (χ1n) is 8.80. The number of hydrogen-bond donors (Lipinski definition) is 3. The first kappa shape index (κ1) is 18.7. The Kier molecular flexibility index (Phi) is 5.02. The monoisotopic (exact) mass is 374 g/mol. The number of nitrogens with two attached hydrogens (primary N) is 1. The lowest BCUT2D eigenvalue weighted by Gasteiger charge is -2.33. The number of primary amides is 1.